The number of aryl methyl sites for hydroxylation is 1. The van der Waals surface area contributed by atoms with Crippen LogP contribution in [-0.4, -0.2) is 128 Å². The molecule has 4 aromatic rings. The number of ether oxygens (including phenoxy) is 1. The lowest BCUT2D eigenvalue weighted by Crippen LogP contribution is -2.62. The topological polar surface area (TPSA) is 162 Å². The summed E-state index contributed by atoms with van der Waals surface area (Å²) in [7, 11) is 5.01. The zero-order valence-electron chi connectivity index (χ0n) is 38.1. The Balaban J connectivity index is 1.24. The number of hydrogen-bond acceptors (Lipinski definition) is 10. The van der Waals surface area contributed by atoms with Crippen LogP contribution in [0.2, 0.25) is 0 Å². The number of rotatable bonds is 10. The van der Waals surface area contributed by atoms with Crippen LogP contribution in [-0.2, 0) is 43.3 Å². The molecule has 0 spiro atoms. The minimum absolute atomic E-state index is 0.0770. The van der Waals surface area contributed by atoms with Crippen molar-refractivity contribution in [1.29, 1.82) is 0 Å². The van der Waals surface area contributed by atoms with Crippen LogP contribution in [0.3, 0.4) is 0 Å². The molecule has 1 aliphatic carbocycles. The van der Waals surface area contributed by atoms with E-state index in [2.05, 4.69) is 65.3 Å². The molecule has 5 heterocycles. The van der Waals surface area contributed by atoms with E-state index >= 15 is 0 Å². The van der Waals surface area contributed by atoms with E-state index in [0.29, 0.717) is 37.2 Å². The second-order valence-electron chi connectivity index (χ2n) is 18.7. The number of pyridine rings is 1. The molecule has 2 N–H and O–H groups in total. The van der Waals surface area contributed by atoms with Crippen molar-refractivity contribution in [3.8, 4) is 22.5 Å². The third-order valence-corrected chi connectivity index (χ3v) is 13.7. The summed E-state index contributed by atoms with van der Waals surface area (Å²) < 4.78 is 8.48. The zero-order valence-corrected chi connectivity index (χ0v) is 39.0. The van der Waals surface area contributed by atoms with Crippen LogP contribution in [0.5, 0.6) is 0 Å². The molecule has 2 fully saturated rings. The van der Waals surface area contributed by atoms with Crippen LogP contribution in [0.1, 0.15) is 84.2 Å². The molecule has 15 nitrogen and oxygen atoms in total. The minimum Gasteiger partial charge on any atom is -0.464 e. The summed E-state index contributed by atoms with van der Waals surface area (Å²) >= 11 is 1.42. The molecule has 6 bridgehead atoms. The molecule has 1 aromatic carbocycles. The van der Waals surface area contributed by atoms with E-state index in [1.807, 2.05) is 31.5 Å². The van der Waals surface area contributed by atoms with Gasteiger partial charge in [0.25, 0.3) is 5.91 Å². The number of hydrogen-bond donors (Lipinski definition) is 2. The van der Waals surface area contributed by atoms with Gasteiger partial charge >= 0.3 is 12.0 Å². The summed E-state index contributed by atoms with van der Waals surface area (Å²) in [6.45, 7) is 12.9. The Hall–Kier alpha value is -5.35. The van der Waals surface area contributed by atoms with Crippen molar-refractivity contribution in [2.75, 3.05) is 34.3 Å². The summed E-state index contributed by atoms with van der Waals surface area (Å²) in [6.07, 6.45) is 8.13. The number of esters is 1. The first-order valence-corrected chi connectivity index (χ1v) is 23.2. The van der Waals surface area contributed by atoms with Crippen LogP contribution in [0, 0.1) is 11.3 Å². The summed E-state index contributed by atoms with van der Waals surface area (Å²) in [6, 6.07) is 7.14. The van der Waals surface area contributed by atoms with Crippen molar-refractivity contribution in [1.82, 2.24) is 45.0 Å². The van der Waals surface area contributed by atoms with Gasteiger partial charge in [-0.25, -0.2) is 15.2 Å². The minimum atomic E-state index is -1.07. The number of hydrazine groups is 1. The number of benzene rings is 1. The van der Waals surface area contributed by atoms with Crippen molar-refractivity contribution >= 4 is 52.0 Å². The maximum atomic E-state index is 14.6. The maximum Gasteiger partial charge on any atom is 0.324 e. The smallest absolute Gasteiger partial charge is 0.324 e. The number of unbranched alkanes of at least 4 members (excludes halogenated alkanes) is 1. The number of thiazole rings is 1. The molecule has 338 valence electrons. The number of aromatic nitrogens is 3. The van der Waals surface area contributed by atoms with Gasteiger partial charge in [0.15, 0.2) is 0 Å². The monoisotopic (exact) mass is 881 g/mol. The number of fused-ring (bicyclic) bond motifs is 6. The number of carbonyl (C=O) groups is 5. The molecule has 7 rings (SSSR count). The Labute approximate surface area is 374 Å². The van der Waals surface area contributed by atoms with E-state index < -0.39 is 41.3 Å². The summed E-state index contributed by atoms with van der Waals surface area (Å²) in [5.41, 5.74) is 8.74. The molecule has 63 heavy (non-hydrogen) atoms. The molecule has 0 unspecified atom stereocenters. The second-order valence-corrected chi connectivity index (χ2v) is 19.6. The first-order valence-electron chi connectivity index (χ1n) is 22.3. The Morgan fingerprint density at radius 3 is 2.54 bits per heavy atom. The van der Waals surface area contributed by atoms with Gasteiger partial charge in [0.1, 0.15) is 18.1 Å². The van der Waals surface area contributed by atoms with Crippen molar-refractivity contribution in [2.24, 2.45) is 11.3 Å². The van der Waals surface area contributed by atoms with E-state index in [9.17, 15) is 24.0 Å². The highest BCUT2D eigenvalue weighted by molar-refractivity contribution is 7.10. The van der Waals surface area contributed by atoms with Gasteiger partial charge in [-0.1, -0.05) is 47.1 Å². The average molecular weight is 882 g/mol. The van der Waals surface area contributed by atoms with Gasteiger partial charge in [0.2, 0.25) is 11.8 Å². The lowest BCUT2D eigenvalue weighted by atomic mass is 9.84. The van der Waals surface area contributed by atoms with Crippen molar-refractivity contribution in [3.63, 3.8) is 0 Å². The number of urea groups is 1. The van der Waals surface area contributed by atoms with Crippen LogP contribution in [0.25, 0.3) is 33.4 Å². The number of nitrogens with one attached hydrogen (secondary N) is 2. The first kappa shape index (κ1) is 45.7. The molecule has 16 heteroatoms. The van der Waals surface area contributed by atoms with E-state index in [1.54, 1.807) is 37.1 Å². The maximum absolute atomic E-state index is 14.6. The number of carbonyl (C=O) groups excluding carboxylic acids is 5. The van der Waals surface area contributed by atoms with E-state index in [0.717, 1.165) is 58.4 Å². The SMILES string of the molecule is CCCCn1c(-c2cccnc2)c2c3cc(ccc31)-c1csc(n1)C[C@H](NC(=O)[C@H](C(C)C)N(C)C(=O)N(C)[C@@H]1C[C@H]1N(C)C(C)=O)C(=O)N1CCC[C@H](N1)C(=O)OCC(C)(C)C2. The van der Waals surface area contributed by atoms with Crippen LogP contribution in [0.4, 0.5) is 4.79 Å². The quantitative estimate of drug-likeness (QED) is 0.185. The predicted octanol–water partition coefficient (Wildman–Crippen LogP) is 5.90. The zero-order chi connectivity index (χ0) is 45.3. The first-order chi connectivity index (χ1) is 30.0. The molecule has 3 aromatic heterocycles. The highest BCUT2D eigenvalue weighted by Crippen LogP contribution is 2.40. The fourth-order valence-electron chi connectivity index (χ4n) is 9.18. The van der Waals surface area contributed by atoms with E-state index in [1.165, 1.54) is 28.2 Å². The Kier molecular flexibility index (Phi) is 13.6. The van der Waals surface area contributed by atoms with Crippen LogP contribution in [0.15, 0.2) is 48.1 Å². The van der Waals surface area contributed by atoms with Crippen molar-refractivity contribution < 1.29 is 28.7 Å². The molecule has 2 aliphatic heterocycles. The highest BCUT2D eigenvalue weighted by atomic mass is 32.1. The Morgan fingerprint density at radius 1 is 1.08 bits per heavy atom. The average Bonchev–Trinajstić information content (AvgIpc) is 3.83. The number of nitrogens with zero attached hydrogens (tertiary/aromatic N) is 7. The van der Waals surface area contributed by atoms with Gasteiger partial charge in [-0.3, -0.25) is 29.2 Å². The molecular weight excluding hydrogens is 819 g/mol. The van der Waals surface area contributed by atoms with E-state index in [-0.39, 0.29) is 43.0 Å². The van der Waals surface area contributed by atoms with Gasteiger partial charge in [0, 0.05) is 92.8 Å². The summed E-state index contributed by atoms with van der Waals surface area (Å²) in [4.78, 5) is 82.9. The lowest BCUT2D eigenvalue weighted by molar-refractivity contribution is -0.155. The fourth-order valence-corrected chi connectivity index (χ4v) is 10.0. The van der Waals surface area contributed by atoms with Crippen LogP contribution < -0.4 is 10.7 Å². The number of likely N-dealkylation sites (N-methyl/N-ethyl adjacent to an activating group) is 3. The molecule has 5 amide bonds. The van der Waals surface area contributed by atoms with Gasteiger partial charge in [-0.2, -0.15) is 0 Å². The summed E-state index contributed by atoms with van der Waals surface area (Å²) in [5.74, 6) is -1.72. The van der Waals surface area contributed by atoms with E-state index in [4.69, 9.17) is 9.72 Å². The van der Waals surface area contributed by atoms with Crippen molar-refractivity contribution in [2.45, 2.75) is 123 Å². The highest BCUT2D eigenvalue weighted by Gasteiger charge is 2.48. The molecule has 1 saturated carbocycles. The largest absolute Gasteiger partial charge is 0.464 e. The fraction of sp³-hybridized carbons (Fsp3) is 0.553. The lowest BCUT2D eigenvalue weighted by Gasteiger charge is -2.37. The third-order valence-electron chi connectivity index (χ3n) is 12.8. The number of amides is 5. The number of cyclic esters (lactones) is 1. The molecular formula is C47H63N9O6S. The Morgan fingerprint density at radius 2 is 1.84 bits per heavy atom. The van der Waals surface area contributed by atoms with Gasteiger partial charge < -0.3 is 29.3 Å². The molecule has 5 atom stereocenters. The predicted molar refractivity (Wildman–Crippen MR) is 243 cm³/mol. The van der Waals surface area contributed by atoms with Crippen LogP contribution >= 0.6 is 11.3 Å². The van der Waals surface area contributed by atoms with Crippen molar-refractivity contribution in [3.05, 3.63) is 58.7 Å². The molecule has 0 radical (unpaired) electrons. The standard InChI is InChI=1S/C47H63N9O6S/c1-10-11-19-55-37-17-16-30-21-32(37)33(42(55)31-14-12-18-48-25-31)24-47(5,6)27-62-45(60)34-15-13-20-56(51-34)44(59)35(22-40-49-36(30)26-63-40)50-43(58)41(28(2)3)54(9)46(61)53(8)39-23-38(39)52(7)29(4)57/h12,14,16-18,21,25-26,28,34-35,38-39,41,51H,10-11,13,15,19-20,22-24,27H2,1-9H3,(H,50,58)/t34-,35-,38+,39+,41-/m0/s1. The summed E-state index contributed by atoms with van der Waals surface area (Å²) in [5, 5.41) is 8.18. The third kappa shape index (κ3) is 9.76. The van der Waals surface area contributed by atoms with Gasteiger partial charge in [0.05, 0.1) is 35.1 Å². The Bertz CT molecular complexity index is 2340. The normalized spacial score (nSPS) is 21.7. The second kappa shape index (κ2) is 18.8. The van der Waals surface area contributed by atoms with Gasteiger partial charge in [-0.15, -0.1) is 11.3 Å². The molecule has 1 saturated heterocycles. The van der Waals surface area contributed by atoms with Gasteiger partial charge in [-0.05, 0) is 67.9 Å². The molecule has 3 aliphatic rings.